The Morgan fingerprint density at radius 3 is 2.04 bits per heavy atom. The molecule has 3 aromatic rings. The number of hydrogen-bond donors (Lipinski definition) is 0. The first-order valence-corrected chi connectivity index (χ1v) is 19.4. The summed E-state index contributed by atoms with van der Waals surface area (Å²) in [4.78, 5) is 0. The molecule has 0 spiro atoms. The molecule has 0 heterocycles. The normalized spacial score (nSPS) is 11.3. The van der Waals surface area contributed by atoms with Gasteiger partial charge in [-0.1, -0.05) is 73.0 Å². The fourth-order valence-electron chi connectivity index (χ4n) is 4.71. The van der Waals surface area contributed by atoms with Gasteiger partial charge in [-0.25, -0.2) is 0 Å². The summed E-state index contributed by atoms with van der Waals surface area (Å²) in [5, 5.41) is 6.29. The topological polar surface area (TPSA) is 0 Å². The van der Waals surface area contributed by atoms with Gasteiger partial charge < -0.3 is 0 Å². The van der Waals surface area contributed by atoms with Gasteiger partial charge in [0.1, 0.15) is 0 Å². The zero-order valence-corrected chi connectivity index (χ0v) is 23.2. The Kier molecular flexibility index (Phi) is 8.84. The standard InChI is InChI=1S/C24H32Si.2ClH.Zr/c1-8-9-12-20-15-23(22-14-11-10-13-21(20)22)25(6,7)24-18(4)16(2)17(3)19(24)5;;;/h10-11,13-15H,8-9,12H2,1-7H3;2*1H;/q-2;;;+4/p-2. The second-order valence-corrected chi connectivity index (χ2v) is 16.3. The van der Waals surface area contributed by atoms with Crippen molar-refractivity contribution >= 4 is 46.2 Å². The molecule has 0 unspecified atom stereocenters. The maximum absolute atomic E-state index is 4.93. The molecule has 0 N–H and O–H groups in total. The van der Waals surface area contributed by atoms with E-state index in [1.165, 1.54) is 52.3 Å². The van der Waals surface area contributed by atoms with Crippen LogP contribution in [0.2, 0.25) is 13.1 Å². The molecule has 0 atom stereocenters. The first kappa shape index (κ1) is 24.1. The van der Waals surface area contributed by atoms with Gasteiger partial charge in [0.05, 0.1) is 0 Å². The summed E-state index contributed by atoms with van der Waals surface area (Å²) >= 11 is -0.826. The van der Waals surface area contributed by atoms with Crippen molar-refractivity contribution in [3.63, 3.8) is 0 Å². The van der Waals surface area contributed by atoms with Crippen LogP contribution in [0.5, 0.6) is 0 Å². The molecule has 0 fully saturated rings. The minimum absolute atomic E-state index is 0.826. The van der Waals surface area contributed by atoms with Gasteiger partial charge in [-0.3, -0.25) is 0 Å². The number of aryl methyl sites for hydroxylation is 1. The molecule has 0 saturated heterocycles. The molecular weight excluding hydrogens is 478 g/mol. The van der Waals surface area contributed by atoms with Gasteiger partial charge in [-0.15, -0.1) is 40.2 Å². The summed E-state index contributed by atoms with van der Waals surface area (Å²) in [6, 6.07) is 11.6. The van der Waals surface area contributed by atoms with Crippen molar-refractivity contribution in [2.45, 2.75) is 67.0 Å². The molecule has 150 valence electrons. The van der Waals surface area contributed by atoms with E-state index in [4.69, 9.17) is 17.0 Å². The van der Waals surface area contributed by atoms with Crippen LogP contribution in [0.15, 0.2) is 30.3 Å². The molecule has 28 heavy (non-hydrogen) atoms. The van der Waals surface area contributed by atoms with Crippen LogP contribution >= 0.6 is 17.0 Å². The molecule has 0 aliphatic heterocycles. The Morgan fingerprint density at radius 1 is 0.964 bits per heavy atom. The van der Waals surface area contributed by atoms with Crippen molar-refractivity contribution in [2.24, 2.45) is 0 Å². The zero-order valence-electron chi connectivity index (χ0n) is 18.3. The summed E-state index contributed by atoms with van der Waals surface area (Å²) < 4.78 is 0. The van der Waals surface area contributed by atoms with Gasteiger partial charge in [0.2, 0.25) is 0 Å². The van der Waals surface area contributed by atoms with Gasteiger partial charge in [-0.2, -0.15) is 33.0 Å². The van der Waals surface area contributed by atoms with E-state index in [0.717, 1.165) is 0 Å². The van der Waals surface area contributed by atoms with Gasteiger partial charge in [0.25, 0.3) is 0 Å². The van der Waals surface area contributed by atoms with Crippen LogP contribution in [-0.2, 0) is 27.3 Å². The van der Waals surface area contributed by atoms with Crippen LogP contribution in [-0.4, -0.2) is 8.07 Å². The zero-order chi connectivity index (χ0) is 21.1. The molecule has 0 saturated carbocycles. The quantitative estimate of drug-likeness (QED) is 0.255. The van der Waals surface area contributed by atoms with E-state index in [1.54, 1.807) is 15.9 Å². The van der Waals surface area contributed by atoms with Crippen LogP contribution in [0.25, 0.3) is 10.8 Å². The summed E-state index contributed by atoms with van der Waals surface area (Å²) in [7, 11) is 8.13. The van der Waals surface area contributed by atoms with Gasteiger partial charge in [-0.05, 0) is 0 Å². The second-order valence-electron chi connectivity index (χ2n) is 8.30. The van der Waals surface area contributed by atoms with E-state index in [1.807, 2.05) is 0 Å². The number of hydrogen-bond acceptors (Lipinski definition) is 0. The van der Waals surface area contributed by atoms with E-state index >= 15 is 0 Å². The average Bonchev–Trinajstić information content (AvgIpc) is 3.13. The fourth-order valence-corrected chi connectivity index (χ4v) is 8.66. The Labute approximate surface area is 191 Å². The number of halogens is 2. The van der Waals surface area contributed by atoms with Crippen molar-refractivity contribution in [2.75, 3.05) is 0 Å². The predicted octanol–water partition coefficient (Wildman–Crippen LogP) is 7.05. The SMILES string of the molecule is CCCCc1c[c-]([Si](C)(C)[c-]2c(C)c(C)c(C)c2C)c2ccccc12.[Cl][Zr+2][Cl]. The molecule has 0 amide bonds. The Morgan fingerprint density at radius 2 is 1.50 bits per heavy atom. The Balaban J connectivity index is 0.000000878. The summed E-state index contributed by atoms with van der Waals surface area (Å²) in [6.45, 7) is 16.6. The van der Waals surface area contributed by atoms with Crippen molar-refractivity contribution in [3.8, 4) is 0 Å². The van der Waals surface area contributed by atoms with Gasteiger partial charge in [0, 0.05) is 8.07 Å². The van der Waals surface area contributed by atoms with Crippen molar-refractivity contribution in [1.29, 1.82) is 0 Å². The number of fused-ring (bicyclic) bond motifs is 1. The Bertz CT molecular complexity index is 908. The first-order chi connectivity index (χ1) is 13.2. The monoisotopic (exact) mass is 508 g/mol. The third-order valence-electron chi connectivity index (χ3n) is 6.42. The van der Waals surface area contributed by atoms with Crippen molar-refractivity contribution in [1.82, 2.24) is 0 Å². The third kappa shape index (κ3) is 4.61. The second kappa shape index (κ2) is 10.3. The molecule has 0 radical (unpaired) electrons. The summed E-state index contributed by atoms with van der Waals surface area (Å²) in [6.07, 6.45) is 3.75. The predicted molar refractivity (Wildman–Crippen MR) is 128 cm³/mol. The van der Waals surface area contributed by atoms with Crippen molar-refractivity contribution in [3.05, 3.63) is 58.1 Å². The van der Waals surface area contributed by atoms with Crippen LogP contribution in [0, 0.1) is 27.7 Å². The number of benzene rings is 1. The van der Waals surface area contributed by atoms with Crippen LogP contribution in [0.1, 0.15) is 47.6 Å². The van der Waals surface area contributed by atoms with Crippen LogP contribution in [0.4, 0.5) is 0 Å². The molecule has 0 aliphatic rings. The first-order valence-electron chi connectivity index (χ1n) is 10.1. The Hall–Kier alpha value is -0.140. The van der Waals surface area contributed by atoms with E-state index in [0.29, 0.717) is 0 Å². The number of unbranched alkanes of at least 4 members (excludes halogenated alkanes) is 1. The minimum atomic E-state index is -1.74. The molecule has 4 heteroatoms. The van der Waals surface area contributed by atoms with Gasteiger partial charge in [0.15, 0.2) is 0 Å². The van der Waals surface area contributed by atoms with E-state index < -0.39 is 28.9 Å². The van der Waals surface area contributed by atoms with Crippen LogP contribution in [0.3, 0.4) is 0 Å². The van der Waals surface area contributed by atoms with Crippen LogP contribution < -0.4 is 10.4 Å². The van der Waals surface area contributed by atoms with Gasteiger partial charge >= 0.3 is 37.9 Å². The molecule has 0 aromatic heterocycles. The summed E-state index contributed by atoms with van der Waals surface area (Å²) in [5.41, 5.74) is 7.62. The summed E-state index contributed by atoms with van der Waals surface area (Å²) in [5.74, 6) is 0. The molecule has 0 nitrogen and oxygen atoms in total. The van der Waals surface area contributed by atoms with Crippen molar-refractivity contribution < 1.29 is 20.8 Å². The van der Waals surface area contributed by atoms with E-state index in [-0.39, 0.29) is 0 Å². The molecule has 3 aromatic carbocycles. The van der Waals surface area contributed by atoms with E-state index in [9.17, 15) is 0 Å². The van der Waals surface area contributed by atoms with E-state index in [2.05, 4.69) is 78.0 Å². The number of rotatable bonds is 5. The average molecular weight is 511 g/mol. The molecule has 0 bridgehead atoms. The third-order valence-corrected chi connectivity index (χ3v) is 10.2. The fraction of sp³-hybridized carbons (Fsp3) is 0.417. The maximum atomic E-state index is 4.93. The molecular formula is C24H32Cl2SiZr. The molecule has 3 rings (SSSR count). The molecule has 0 aliphatic carbocycles.